The monoisotopic (exact) mass is 278 g/mol. The summed E-state index contributed by atoms with van der Waals surface area (Å²) < 4.78 is 5.13. The lowest BCUT2D eigenvalue weighted by Crippen LogP contribution is -2.50. The summed E-state index contributed by atoms with van der Waals surface area (Å²) in [6.45, 7) is 4.06. The molecule has 3 atom stereocenters. The van der Waals surface area contributed by atoms with E-state index < -0.39 is 5.54 Å². The average molecular weight is 278 g/mol. The van der Waals surface area contributed by atoms with E-state index in [1.165, 1.54) is 0 Å². The Morgan fingerprint density at radius 1 is 1.50 bits per heavy atom. The summed E-state index contributed by atoms with van der Waals surface area (Å²) in [6, 6.07) is 7.55. The number of nitrogens with two attached hydrogens (primary N) is 1. The number of hydrogen-bond acceptors (Lipinski definition) is 4. The van der Waals surface area contributed by atoms with E-state index in [2.05, 4.69) is 0 Å². The standard InChI is InChI=1S/C15H22N2O3/c1-10(11-4-6-13(20-3)7-5-11)17-8-12(9-18)15(2,16)14(17)19/h4-7,10,12,18H,8-9,16H2,1-3H3/t10-,12-,15+/m0/s1. The maximum Gasteiger partial charge on any atom is 0.243 e. The van der Waals surface area contributed by atoms with Gasteiger partial charge in [-0.1, -0.05) is 12.1 Å². The molecule has 0 aliphatic carbocycles. The highest BCUT2D eigenvalue weighted by molar-refractivity contribution is 5.88. The molecule has 110 valence electrons. The van der Waals surface area contributed by atoms with Gasteiger partial charge in [-0.3, -0.25) is 4.79 Å². The number of rotatable bonds is 4. The number of methoxy groups -OCH3 is 1. The van der Waals surface area contributed by atoms with Crippen LogP contribution in [-0.2, 0) is 4.79 Å². The third-order valence-corrected chi connectivity index (χ3v) is 4.27. The summed E-state index contributed by atoms with van der Waals surface area (Å²) in [7, 11) is 1.62. The van der Waals surface area contributed by atoms with E-state index in [9.17, 15) is 9.90 Å². The molecule has 0 radical (unpaired) electrons. The second kappa shape index (κ2) is 5.42. The predicted molar refractivity (Wildman–Crippen MR) is 76.3 cm³/mol. The smallest absolute Gasteiger partial charge is 0.243 e. The molecule has 0 spiro atoms. The second-order valence-electron chi connectivity index (χ2n) is 5.57. The van der Waals surface area contributed by atoms with Crippen LogP contribution < -0.4 is 10.5 Å². The van der Waals surface area contributed by atoms with Crippen molar-refractivity contribution in [2.45, 2.75) is 25.4 Å². The molecular formula is C15H22N2O3. The van der Waals surface area contributed by atoms with Crippen LogP contribution in [0.5, 0.6) is 5.75 Å². The molecule has 1 aliphatic heterocycles. The molecule has 1 saturated heterocycles. The first-order chi connectivity index (χ1) is 9.41. The van der Waals surface area contributed by atoms with Crippen LogP contribution in [0.3, 0.4) is 0 Å². The molecule has 0 bridgehead atoms. The van der Waals surface area contributed by atoms with E-state index in [1.807, 2.05) is 31.2 Å². The summed E-state index contributed by atoms with van der Waals surface area (Å²) in [4.78, 5) is 14.1. The summed E-state index contributed by atoms with van der Waals surface area (Å²) in [5.41, 5.74) is 6.09. The number of ether oxygens (including phenoxy) is 1. The number of aliphatic hydroxyl groups excluding tert-OH is 1. The lowest BCUT2D eigenvalue weighted by atomic mass is 9.90. The minimum absolute atomic E-state index is 0.0761. The summed E-state index contributed by atoms with van der Waals surface area (Å²) in [5.74, 6) is 0.446. The molecule has 0 saturated carbocycles. The normalized spacial score (nSPS) is 27.8. The van der Waals surface area contributed by atoms with Crippen molar-refractivity contribution in [1.29, 1.82) is 0 Å². The van der Waals surface area contributed by atoms with Gasteiger partial charge in [0.1, 0.15) is 5.75 Å². The van der Waals surface area contributed by atoms with E-state index in [-0.39, 0.29) is 24.5 Å². The zero-order valence-electron chi connectivity index (χ0n) is 12.2. The molecule has 5 nitrogen and oxygen atoms in total. The number of amides is 1. The van der Waals surface area contributed by atoms with Gasteiger partial charge in [-0.05, 0) is 31.5 Å². The Balaban J connectivity index is 2.20. The zero-order chi connectivity index (χ0) is 14.9. The molecule has 0 aromatic heterocycles. The maximum atomic E-state index is 12.4. The van der Waals surface area contributed by atoms with Crippen LogP contribution in [-0.4, -0.2) is 41.7 Å². The van der Waals surface area contributed by atoms with Crippen molar-refractivity contribution >= 4 is 5.91 Å². The molecule has 1 heterocycles. The van der Waals surface area contributed by atoms with Gasteiger partial charge in [0, 0.05) is 19.1 Å². The fraction of sp³-hybridized carbons (Fsp3) is 0.533. The number of benzene rings is 1. The van der Waals surface area contributed by atoms with Gasteiger partial charge in [0.05, 0.1) is 18.7 Å². The first-order valence-electron chi connectivity index (χ1n) is 6.76. The molecule has 3 N–H and O–H groups in total. The van der Waals surface area contributed by atoms with E-state index in [0.29, 0.717) is 6.54 Å². The van der Waals surface area contributed by atoms with Gasteiger partial charge in [0.25, 0.3) is 0 Å². The van der Waals surface area contributed by atoms with Gasteiger partial charge in [-0.2, -0.15) is 0 Å². The Kier molecular flexibility index (Phi) is 4.01. The minimum atomic E-state index is -0.991. The van der Waals surface area contributed by atoms with Crippen molar-refractivity contribution in [3.8, 4) is 5.75 Å². The second-order valence-corrected chi connectivity index (χ2v) is 5.57. The third kappa shape index (κ3) is 2.39. The molecule has 20 heavy (non-hydrogen) atoms. The lowest BCUT2D eigenvalue weighted by Gasteiger charge is -2.26. The van der Waals surface area contributed by atoms with Crippen molar-refractivity contribution in [2.24, 2.45) is 11.7 Å². The van der Waals surface area contributed by atoms with Gasteiger partial charge in [-0.25, -0.2) is 0 Å². The summed E-state index contributed by atoms with van der Waals surface area (Å²) >= 11 is 0. The molecular weight excluding hydrogens is 256 g/mol. The number of carbonyl (C=O) groups is 1. The van der Waals surface area contributed by atoms with Gasteiger partial charge < -0.3 is 20.5 Å². The fourth-order valence-corrected chi connectivity index (χ4v) is 2.64. The largest absolute Gasteiger partial charge is 0.497 e. The molecule has 1 fully saturated rings. The number of hydrogen-bond donors (Lipinski definition) is 2. The predicted octanol–water partition coefficient (Wildman–Crippen LogP) is 0.924. The molecule has 1 amide bonds. The van der Waals surface area contributed by atoms with Crippen molar-refractivity contribution in [3.05, 3.63) is 29.8 Å². The Bertz CT molecular complexity index is 484. The van der Waals surface area contributed by atoms with Gasteiger partial charge >= 0.3 is 0 Å². The molecule has 1 aromatic rings. The van der Waals surface area contributed by atoms with Gasteiger partial charge in [0.2, 0.25) is 5.91 Å². The number of nitrogens with zero attached hydrogens (tertiary/aromatic N) is 1. The van der Waals surface area contributed by atoms with Gasteiger partial charge in [0.15, 0.2) is 0 Å². The summed E-state index contributed by atoms with van der Waals surface area (Å²) in [6.07, 6.45) is 0. The Morgan fingerprint density at radius 2 is 2.10 bits per heavy atom. The highest BCUT2D eigenvalue weighted by atomic mass is 16.5. The number of aliphatic hydroxyl groups is 1. The van der Waals surface area contributed by atoms with E-state index in [1.54, 1.807) is 18.9 Å². The van der Waals surface area contributed by atoms with E-state index in [4.69, 9.17) is 10.5 Å². The van der Waals surface area contributed by atoms with E-state index >= 15 is 0 Å². The van der Waals surface area contributed by atoms with Crippen LogP contribution in [0.4, 0.5) is 0 Å². The van der Waals surface area contributed by atoms with Crippen molar-refractivity contribution in [3.63, 3.8) is 0 Å². The number of carbonyl (C=O) groups excluding carboxylic acids is 1. The Hall–Kier alpha value is -1.59. The Morgan fingerprint density at radius 3 is 2.55 bits per heavy atom. The zero-order valence-corrected chi connectivity index (χ0v) is 12.2. The highest BCUT2D eigenvalue weighted by Gasteiger charge is 2.48. The molecule has 2 rings (SSSR count). The van der Waals surface area contributed by atoms with Crippen LogP contribution >= 0.6 is 0 Å². The molecule has 1 aliphatic rings. The topological polar surface area (TPSA) is 75.8 Å². The number of likely N-dealkylation sites (tertiary alicyclic amines) is 1. The van der Waals surface area contributed by atoms with Gasteiger partial charge in [-0.15, -0.1) is 0 Å². The van der Waals surface area contributed by atoms with Crippen molar-refractivity contribution in [2.75, 3.05) is 20.3 Å². The lowest BCUT2D eigenvalue weighted by molar-refractivity contribution is -0.133. The van der Waals surface area contributed by atoms with E-state index in [0.717, 1.165) is 11.3 Å². The first-order valence-corrected chi connectivity index (χ1v) is 6.76. The van der Waals surface area contributed by atoms with Crippen LogP contribution in [0.25, 0.3) is 0 Å². The quantitative estimate of drug-likeness (QED) is 0.859. The SMILES string of the molecule is COc1ccc([C@H](C)N2C[C@@H](CO)[C@@](C)(N)C2=O)cc1. The highest BCUT2D eigenvalue weighted by Crippen LogP contribution is 2.33. The first kappa shape index (κ1) is 14.8. The van der Waals surface area contributed by atoms with Crippen LogP contribution in [0.2, 0.25) is 0 Å². The molecule has 1 aromatic carbocycles. The van der Waals surface area contributed by atoms with Crippen molar-refractivity contribution in [1.82, 2.24) is 4.90 Å². The van der Waals surface area contributed by atoms with Crippen LogP contribution in [0.1, 0.15) is 25.5 Å². The van der Waals surface area contributed by atoms with Crippen LogP contribution in [0, 0.1) is 5.92 Å². The third-order valence-electron chi connectivity index (χ3n) is 4.27. The minimum Gasteiger partial charge on any atom is -0.497 e. The molecule has 0 unspecified atom stereocenters. The van der Waals surface area contributed by atoms with Crippen LogP contribution in [0.15, 0.2) is 24.3 Å². The summed E-state index contributed by atoms with van der Waals surface area (Å²) in [5, 5.41) is 9.38. The van der Waals surface area contributed by atoms with Crippen molar-refractivity contribution < 1.29 is 14.6 Å². The maximum absolute atomic E-state index is 12.4. The Labute approximate surface area is 119 Å². The average Bonchev–Trinajstić information content (AvgIpc) is 2.69. The fourth-order valence-electron chi connectivity index (χ4n) is 2.64. The molecule has 5 heteroatoms.